The molecule has 0 unspecified atom stereocenters. The van der Waals surface area contributed by atoms with Gasteiger partial charge in [0.15, 0.2) is 0 Å². The molecular weight excluding hydrogens is 502 g/mol. The minimum absolute atomic E-state index is 0.862. The highest BCUT2D eigenvalue weighted by Gasteiger charge is 2.12. The van der Waals surface area contributed by atoms with Crippen molar-refractivity contribution in [3.8, 4) is 39.3 Å². The molecule has 5 heteroatoms. The molecule has 0 saturated heterocycles. The maximum Gasteiger partial charge on any atom is 0.121 e. The van der Waals surface area contributed by atoms with E-state index in [1.807, 2.05) is 60.7 Å². The van der Waals surface area contributed by atoms with Crippen LogP contribution in [0.15, 0.2) is 140 Å². The maximum absolute atomic E-state index is 5.11. The van der Waals surface area contributed by atoms with Gasteiger partial charge in [0.05, 0.1) is 28.1 Å². The molecule has 8 rings (SSSR count). The second-order valence-electron chi connectivity index (χ2n) is 10.0. The quantitative estimate of drug-likeness (QED) is 0.216. The summed E-state index contributed by atoms with van der Waals surface area (Å²) in [6, 6.07) is 47.5. The summed E-state index contributed by atoms with van der Waals surface area (Å²) in [5.74, 6) is 0. The van der Waals surface area contributed by atoms with Crippen LogP contribution in [0.1, 0.15) is 0 Å². The van der Waals surface area contributed by atoms with Crippen LogP contribution in [0.25, 0.3) is 72.2 Å². The van der Waals surface area contributed by atoms with E-state index >= 15 is 0 Å². The molecule has 0 aliphatic rings. The minimum Gasteiger partial charge on any atom is -0.245 e. The van der Waals surface area contributed by atoms with Gasteiger partial charge < -0.3 is 0 Å². The molecular formula is C36H23N5. The van der Waals surface area contributed by atoms with Crippen LogP contribution in [0.3, 0.4) is 0 Å². The average molecular weight is 526 g/mol. The van der Waals surface area contributed by atoms with Crippen molar-refractivity contribution in [1.82, 2.24) is 25.0 Å². The number of benzene rings is 5. The number of rotatable bonds is 4. The van der Waals surface area contributed by atoms with E-state index in [0.717, 1.165) is 72.2 Å². The van der Waals surface area contributed by atoms with E-state index < -0.39 is 0 Å². The van der Waals surface area contributed by atoms with Crippen LogP contribution in [-0.2, 0) is 0 Å². The molecule has 0 spiro atoms. The molecule has 0 radical (unpaired) electrons. The van der Waals surface area contributed by atoms with Gasteiger partial charge in [0.2, 0.25) is 0 Å². The molecule has 0 N–H and O–H groups in total. The number of para-hydroxylation sites is 1. The van der Waals surface area contributed by atoms with Crippen molar-refractivity contribution in [3.05, 3.63) is 140 Å². The van der Waals surface area contributed by atoms with Crippen LogP contribution >= 0.6 is 0 Å². The Kier molecular flexibility index (Phi) is 5.38. The van der Waals surface area contributed by atoms with Gasteiger partial charge in [-0.25, -0.2) is 9.97 Å². The van der Waals surface area contributed by atoms with Crippen molar-refractivity contribution in [2.75, 3.05) is 0 Å². The number of hydrogen-bond acceptors (Lipinski definition) is 4. The van der Waals surface area contributed by atoms with E-state index in [0.29, 0.717) is 0 Å². The van der Waals surface area contributed by atoms with Gasteiger partial charge in [-0.05, 0) is 35.9 Å². The molecule has 0 atom stereocenters. The van der Waals surface area contributed by atoms with Gasteiger partial charge in [0.25, 0.3) is 0 Å². The van der Waals surface area contributed by atoms with Crippen molar-refractivity contribution in [3.63, 3.8) is 0 Å². The lowest BCUT2D eigenvalue weighted by Gasteiger charge is -2.09. The SMILES string of the molecule is c1ccc(-c2ccc3ccc4ccc(-c5ccc(-c6cccc7nn(-c8ccccc8)nc67)cc5)nc4c3n2)cc1. The third kappa shape index (κ3) is 4.12. The first-order chi connectivity index (χ1) is 20.3. The molecule has 0 aliphatic carbocycles. The molecule has 0 bridgehead atoms. The predicted octanol–water partition coefficient (Wildman–Crippen LogP) is 8.52. The molecule has 41 heavy (non-hydrogen) atoms. The van der Waals surface area contributed by atoms with Gasteiger partial charge in [-0.2, -0.15) is 4.80 Å². The molecule has 5 nitrogen and oxygen atoms in total. The van der Waals surface area contributed by atoms with E-state index in [-0.39, 0.29) is 0 Å². The highest BCUT2D eigenvalue weighted by atomic mass is 15.5. The predicted molar refractivity (Wildman–Crippen MR) is 166 cm³/mol. The fourth-order valence-electron chi connectivity index (χ4n) is 5.36. The molecule has 3 aromatic heterocycles. The summed E-state index contributed by atoms with van der Waals surface area (Å²) in [5.41, 5.74) is 10.6. The topological polar surface area (TPSA) is 56.5 Å². The Hall–Kier alpha value is -5.68. The van der Waals surface area contributed by atoms with Crippen LogP contribution < -0.4 is 0 Å². The molecule has 3 heterocycles. The van der Waals surface area contributed by atoms with Gasteiger partial charge in [-0.1, -0.05) is 109 Å². The van der Waals surface area contributed by atoms with Gasteiger partial charge in [-0.15, -0.1) is 10.2 Å². The zero-order valence-electron chi connectivity index (χ0n) is 22.0. The second-order valence-corrected chi connectivity index (χ2v) is 10.0. The number of hydrogen-bond donors (Lipinski definition) is 0. The van der Waals surface area contributed by atoms with Crippen molar-refractivity contribution in [2.45, 2.75) is 0 Å². The summed E-state index contributed by atoms with van der Waals surface area (Å²) in [5, 5.41) is 11.7. The molecule has 192 valence electrons. The largest absolute Gasteiger partial charge is 0.245 e. The average Bonchev–Trinajstić information content (AvgIpc) is 3.50. The smallest absolute Gasteiger partial charge is 0.121 e. The Balaban J connectivity index is 1.18. The van der Waals surface area contributed by atoms with Crippen LogP contribution in [-0.4, -0.2) is 25.0 Å². The highest BCUT2D eigenvalue weighted by Crippen LogP contribution is 2.31. The summed E-state index contributed by atoms with van der Waals surface area (Å²) in [6.07, 6.45) is 0. The van der Waals surface area contributed by atoms with E-state index in [1.54, 1.807) is 4.80 Å². The number of nitrogens with zero attached hydrogens (tertiary/aromatic N) is 5. The van der Waals surface area contributed by atoms with Crippen molar-refractivity contribution in [1.29, 1.82) is 0 Å². The summed E-state index contributed by atoms with van der Waals surface area (Å²) < 4.78 is 0. The normalized spacial score (nSPS) is 11.4. The molecule has 8 aromatic rings. The Morgan fingerprint density at radius 2 is 0.951 bits per heavy atom. The zero-order chi connectivity index (χ0) is 27.2. The zero-order valence-corrected chi connectivity index (χ0v) is 22.0. The lowest BCUT2D eigenvalue weighted by Crippen LogP contribution is -1.97. The first kappa shape index (κ1) is 23.2. The fourth-order valence-corrected chi connectivity index (χ4v) is 5.36. The molecule has 0 aliphatic heterocycles. The summed E-state index contributed by atoms with van der Waals surface area (Å²) in [7, 11) is 0. The number of pyridine rings is 2. The summed E-state index contributed by atoms with van der Waals surface area (Å²) in [6.45, 7) is 0. The third-order valence-corrected chi connectivity index (χ3v) is 7.48. The van der Waals surface area contributed by atoms with Crippen LogP contribution in [0.5, 0.6) is 0 Å². The lowest BCUT2D eigenvalue weighted by atomic mass is 10.0. The maximum atomic E-state index is 5.11. The summed E-state index contributed by atoms with van der Waals surface area (Å²) >= 11 is 0. The van der Waals surface area contributed by atoms with E-state index in [2.05, 4.69) is 78.9 Å². The molecule has 0 fully saturated rings. The third-order valence-electron chi connectivity index (χ3n) is 7.48. The van der Waals surface area contributed by atoms with E-state index in [9.17, 15) is 0 Å². The van der Waals surface area contributed by atoms with Crippen molar-refractivity contribution < 1.29 is 0 Å². The standard InChI is InChI=1S/C36H23N5/c1-3-8-25(9-4-1)31-22-20-27-18-19-28-21-23-32(38-35(28)34(27)37-31)26-16-14-24(15-17-26)30-12-7-13-33-36(30)40-41(39-33)29-10-5-2-6-11-29/h1-23H. The van der Waals surface area contributed by atoms with Gasteiger partial charge in [0, 0.05) is 27.5 Å². The molecule has 5 aromatic carbocycles. The van der Waals surface area contributed by atoms with E-state index in [1.165, 1.54) is 0 Å². The van der Waals surface area contributed by atoms with Gasteiger partial charge in [-0.3, -0.25) is 0 Å². The Morgan fingerprint density at radius 3 is 1.61 bits per heavy atom. The minimum atomic E-state index is 0.862. The monoisotopic (exact) mass is 525 g/mol. The number of fused-ring (bicyclic) bond motifs is 4. The lowest BCUT2D eigenvalue weighted by molar-refractivity contribution is 0.766. The first-order valence-corrected chi connectivity index (χ1v) is 13.6. The molecule has 0 amide bonds. The van der Waals surface area contributed by atoms with E-state index in [4.69, 9.17) is 20.2 Å². The van der Waals surface area contributed by atoms with Gasteiger partial charge >= 0.3 is 0 Å². The van der Waals surface area contributed by atoms with Crippen LogP contribution in [0, 0.1) is 0 Å². The van der Waals surface area contributed by atoms with Crippen molar-refractivity contribution >= 4 is 32.8 Å². The van der Waals surface area contributed by atoms with Gasteiger partial charge in [0.1, 0.15) is 11.0 Å². The number of aromatic nitrogens is 5. The summed E-state index contributed by atoms with van der Waals surface area (Å²) in [4.78, 5) is 11.8. The molecule has 0 saturated carbocycles. The first-order valence-electron chi connectivity index (χ1n) is 13.6. The Morgan fingerprint density at radius 1 is 0.390 bits per heavy atom. The highest BCUT2D eigenvalue weighted by molar-refractivity contribution is 6.04. The Bertz CT molecular complexity index is 2180. The van der Waals surface area contributed by atoms with Crippen molar-refractivity contribution in [2.24, 2.45) is 0 Å². The Labute approximate surface area is 236 Å². The fraction of sp³-hybridized carbons (Fsp3) is 0. The van der Waals surface area contributed by atoms with Crippen LogP contribution in [0.2, 0.25) is 0 Å². The van der Waals surface area contributed by atoms with Crippen LogP contribution in [0.4, 0.5) is 0 Å². The second kappa shape index (κ2) is 9.50.